The zero-order valence-electron chi connectivity index (χ0n) is 18.7. The lowest BCUT2D eigenvalue weighted by Crippen LogP contribution is -2.45. The summed E-state index contributed by atoms with van der Waals surface area (Å²) >= 11 is 1.46. The first-order chi connectivity index (χ1) is 14.8. The highest BCUT2D eigenvalue weighted by atomic mass is 32.1. The minimum absolute atomic E-state index is 0.325. The Hall–Kier alpha value is -2.51. The standard InChI is InChI=1S/C24H33N3O3S/c1-5-10-19(26-23(30)21(28)18-13-7-6-8-14-18)22(29)27-24-25-15-20(31-24)17(4)12-9-11-16(2)3/h6-8,11,13-15,17,19,21,28H,5,9-10,12H2,1-4H3,(H,26,30)(H,25,27,29)/t17?,19-,21-/m0/s1. The number of thiazole rings is 1. The van der Waals surface area contributed by atoms with Crippen molar-refractivity contribution in [3.8, 4) is 0 Å². The molecule has 1 unspecified atom stereocenters. The minimum atomic E-state index is -1.32. The summed E-state index contributed by atoms with van der Waals surface area (Å²) in [5.41, 5.74) is 1.80. The summed E-state index contributed by atoms with van der Waals surface area (Å²) in [6.07, 6.45) is 5.92. The van der Waals surface area contributed by atoms with Crippen LogP contribution in [0.25, 0.3) is 0 Å². The highest BCUT2D eigenvalue weighted by molar-refractivity contribution is 7.15. The second-order valence-corrected chi connectivity index (χ2v) is 9.04. The Labute approximate surface area is 188 Å². The normalized spacial score (nSPS) is 13.7. The first-order valence-corrected chi connectivity index (χ1v) is 11.6. The number of nitrogens with zero attached hydrogens (tertiary/aromatic N) is 1. The van der Waals surface area contributed by atoms with E-state index < -0.39 is 18.1 Å². The molecule has 2 rings (SSSR count). The maximum Gasteiger partial charge on any atom is 0.254 e. The molecule has 6 nitrogen and oxygen atoms in total. The molecule has 0 aliphatic rings. The second-order valence-electron chi connectivity index (χ2n) is 7.98. The maximum absolute atomic E-state index is 12.8. The molecule has 0 saturated carbocycles. The average Bonchev–Trinajstić information content (AvgIpc) is 3.21. The number of aromatic nitrogens is 1. The fourth-order valence-electron chi connectivity index (χ4n) is 3.12. The molecule has 31 heavy (non-hydrogen) atoms. The number of amides is 2. The van der Waals surface area contributed by atoms with Crippen molar-refractivity contribution in [3.05, 3.63) is 58.6 Å². The Morgan fingerprint density at radius 2 is 1.87 bits per heavy atom. The number of anilines is 1. The van der Waals surface area contributed by atoms with Crippen LogP contribution in [0.1, 0.15) is 75.8 Å². The lowest BCUT2D eigenvalue weighted by Gasteiger charge is -2.19. The van der Waals surface area contributed by atoms with Crippen molar-refractivity contribution in [2.75, 3.05) is 5.32 Å². The van der Waals surface area contributed by atoms with Crippen molar-refractivity contribution in [1.82, 2.24) is 10.3 Å². The summed E-state index contributed by atoms with van der Waals surface area (Å²) in [6.45, 7) is 8.28. The second kappa shape index (κ2) is 12.4. The SMILES string of the molecule is CCC[C@H](NC(=O)[C@@H](O)c1ccccc1)C(=O)Nc1ncc(C(C)CCC=C(C)C)s1. The van der Waals surface area contributed by atoms with Gasteiger partial charge < -0.3 is 15.7 Å². The van der Waals surface area contributed by atoms with Crippen molar-refractivity contribution in [2.45, 2.75) is 71.4 Å². The lowest BCUT2D eigenvalue weighted by atomic mass is 10.0. The van der Waals surface area contributed by atoms with Crippen LogP contribution < -0.4 is 10.6 Å². The molecule has 3 atom stereocenters. The van der Waals surface area contributed by atoms with Gasteiger partial charge in [0.1, 0.15) is 6.04 Å². The molecule has 1 heterocycles. The largest absolute Gasteiger partial charge is 0.378 e. The van der Waals surface area contributed by atoms with E-state index in [1.807, 2.05) is 13.0 Å². The average molecular weight is 444 g/mol. The highest BCUT2D eigenvalue weighted by Crippen LogP contribution is 2.29. The molecule has 0 fully saturated rings. The number of aliphatic hydroxyl groups excluding tert-OH is 1. The van der Waals surface area contributed by atoms with Crippen molar-refractivity contribution in [2.24, 2.45) is 0 Å². The third-order valence-corrected chi connectivity index (χ3v) is 6.11. The van der Waals surface area contributed by atoms with Gasteiger partial charge in [0.05, 0.1) is 0 Å². The van der Waals surface area contributed by atoms with Gasteiger partial charge >= 0.3 is 0 Å². The topological polar surface area (TPSA) is 91.3 Å². The molecular weight excluding hydrogens is 410 g/mol. The van der Waals surface area contributed by atoms with E-state index >= 15 is 0 Å². The van der Waals surface area contributed by atoms with Gasteiger partial charge in [-0.2, -0.15) is 0 Å². The number of carbonyl (C=O) groups excluding carboxylic acids is 2. The zero-order valence-corrected chi connectivity index (χ0v) is 19.5. The van der Waals surface area contributed by atoms with E-state index in [2.05, 4.69) is 42.5 Å². The zero-order chi connectivity index (χ0) is 22.8. The molecule has 1 aromatic heterocycles. The molecule has 2 amide bonds. The Balaban J connectivity index is 1.97. The molecular formula is C24H33N3O3S. The van der Waals surface area contributed by atoms with Crippen molar-refractivity contribution >= 4 is 28.3 Å². The van der Waals surface area contributed by atoms with Gasteiger partial charge in [-0.25, -0.2) is 4.98 Å². The van der Waals surface area contributed by atoms with Crippen LogP contribution in [0.4, 0.5) is 5.13 Å². The molecule has 0 aliphatic heterocycles. The molecule has 0 saturated heterocycles. The molecule has 0 bridgehead atoms. The van der Waals surface area contributed by atoms with Gasteiger partial charge in [-0.1, -0.05) is 62.2 Å². The van der Waals surface area contributed by atoms with Gasteiger partial charge in [-0.05, 0) is 44.6 Å². The van der Waals surface area contributed by atoms with Crippen LogP contribution in [0.15, 0.2) is 48.2 Å². The smallest absolute Gasteiger partial charge is 0.254 e. The van der Waals surface area contributed by atoms with Crippen LogP contribution in [-0.4, -0.2) is 27.9 Å². The van der Waals surface area contributed by atoms with Crippen LogP contribution in [0.5, 0.6) is 0 Å². The Morgan fingerprint density at radius 3 is 2.52 bits per heavy atom. The van der Waals surface area contributed by atoms with Crippen LogP contribution in [0, 0.1) is 0 Å². The predicted molar refractivity (Wildman–Crippen MR) is 126 cm³/mol. The molecule has 168 valence electrons. The van der Waals surface area contributed by atoms with Gasteiger partial charge in [-0.15, -0.1) is 11.3 Å². The summed E-state index contributed by atoms with van der Waals surface area (Å²) in [5, 5.41) is 16.3. The predicted octanol–water partition coefficient (Wildman–Crippen LogP) is 4.95. The number of aliphatic hydroxyl groups is 1. The molecule has 0 spiro atoms. The molecule has 0 radical (unpaired) electrons. The number of nitrogens with one attached hydrogen (secondary N) is 2. The van der Waals surface area contributed by atoms with Gasteiger partial charge in [0, 0.05) is 11.1 Å². The van der Waals surface area contributed by atoms with Gasteiger partial charge in [-0.3, -0.25) is 9.59 Å². The quantitative estimate of drug-likeness (QED) is 0.429. The van der Waals surface area contributed by atoms with Crippen LogP contribution in [0.3, 0.4) is 0 Å². The first-order valence-electron chi connectivity index (χ1n) is 10.7. The minimum Gasteiger partial charge on any atom is -0.378 e. The highest BCUT2D eigenvalue weighted by Gasteiger charge is 2.25. The van der Waals surface area contributed by atoms with Gasteiger partial charge in [0.2, 0.25) is 5.91 Å². The molecule has 3 N–H and O–H groups in total. The summed E-state index contributed by atoms with van der Waals surface area (Å²) < 4.78 is 0. The summed E-state index contributed by atoms with van der Waals surface area (Å²) in [4.78, 5) is 30.7. The van der Waals surface area contributed by atoms with Crippen molar-refractivity contribution in [3.63, 3.8) is 0 Å². The summed E-state index contributed by atoms with van der Waals surface area (Å²) in [7, 11) is 0. The number of allylic oxidation sites excluding steroid dienone is 2. The monoisotopic (exact) mass is 443 g/mol. The van der Waals surface area contributed by atoms with E-state index in [1.165, 1.54) is 16.9 Å². The molecule has 1 aromatic carbocycles. The number of rotatable bonds is 11. The number of hydrogen-bond donors (Lipinski definition) is 3. The third-order valence-electron chi connectivity index (χ3n) is 4.97. The Kier molecular flexibility index (Phi) is 9.88. The number of hydrogen-bond acceptors (Lipinski definition) is 5. The maximum atomic E-state index is 12.8. The van der Waals surface area contributed by atoms with Crippen LogP contribution >= 0.6 is 11.3 Å². The van der Waals surface area contributed by atoms with Gasteiger partial charge in [0.15, 0.2) is 11.2 Å². The molecule has 0 aliphatic carbocycles. The summed E-state index contributed by atoms with van der Waals surface area (Å²) in [6, 6.07) is 7.93. The van der Waals surface area contributed by atoms with Crippen LogP contribution in [-0.2, 0) is 9.59 Å². The van der Waals surface area contributed by atoms with Gasteiger partial charge in [0.25, 0.3) is 5.91 Å². The van der Waals surface area contributed by atoms with E-state index in [4.69, 9.17) is 0 Å². The van der Waals surface area contributed by atoms with E-state index in [9.17, 15) is 14.7 Å². The van der Waals surface area contributed by atoms with E-state index in [1.54, 1.807) is 30.5 Å². The van der Waals surface area contributed by atoms with E-state index in [0.717, 1.165) is 17.7 Å². The fraction of sp³-hybridized carbons (Fsp3) is 0.458. The van der Waals surface area contributed by atoms with Crippen molar-refractivity contribution in [1.29, 1.82) is 0 Å². The molecule has 7 heteroatoms. The first kappa shape index (κ1) is 24.8. The van der Waals surface area contributed by atoms with E-state index in [-0.39, 0.29) is 5.91 Å². The fourth-order valence-corrected chi connectivity index (χ4v) is 4.03. The van der Waals surface area contributed by atoms with Crippen molar-refractivity contribution < 1.29 is 14.7 Å². The van der Waals surface area contributed by atoms with E-state index in [0.29, 0.717) is 29.5 Å². The molecule has 2 aromatic rings. The Morgan fingerprint density at radius 1 is 1.16 bits per heavy atom. The summed E-state index contributed by atoms with van der Waals surface area (Å²) in [5.74, 6) is -0.563. The lowest BCUT2D eigenvalue weighted by molar-refractivity contribution is -0.133. The third kappa shape index (κ3) is 7.92. The number of benzene rings is 1. The Bertz CT molecular complexity index is 875. The number of carbonyl (C=O) groups is 2. The van der Waals surface area contributed by atoms with Crippen LogP contribution in [0.2, 0.25) is 0 Å².